The molecular weight excluding hydrogens is 580 g/mol. The summed E-state index contributed by atoms with van der Waals surface area (Å²) in [7, 11) is 1.95. The number of allylic oxidation sites excluding steroid dienone is 6. The first-order valence-corrected chi connectivity index (χ1v) is 18.0. The number of rotatable bonds is 18. The maximum Gasteiger partial charge on any atom is 0.274 e. The van der Waals surface area contributed by atoms with E-state index < -0.39 is 0 Å². The highest BCUT2D eigenvalue weighted by molar-refractivity contribution is 5.92. The Balaban J connectivity index is 0.00000138. The Bertz CT molecular complexity index is 1300. The quantitative estimate of drug-likeness (QED) is 0.0994. The number of hydrogen-bond acceptors (Lipinski definition) is 4. The average Bonchev–Trinajstić information content (AvgIpc) is 3.51. The van der Waals surface area contributed by atoms with Crippen LogP contribution in [0, 0.1) is 5.92 Å². The molecule has 1 heterocycles. The highest BCUT2D eigenvalue weighted by Gasteiger charge is 2.22. The molecule has 0 bridgehead atoms. The van der Waals surface area contributed by atoms with Crippen LogP contribution in [0.25, 0.3) is 5.70 Å². The van der Waals surface area contributed by atoms with Gasteiger partial charge in [0.1, 0.15) is 6.29 Å². The molecule has 1 aromatic carbocycles. The van der Waals surface area contributed by atoms with Gasteiger partial charge in [0.2, 0.25) is 0 Å². The number of amides is 1. The van der Waals surface area contributed by atoms with E-state index in [1.54, 1.807) is 6.08 Å². The summed E-state index contributed by atoms with van der Waals surface area (Å²) < 4.78 is 1.95. The number of nitrogens with zero attached hydrogens (tertiary/aromatic N) is 3. The minimum absolute atomic E-state index is 0.0268. The van der Waals surface area contributed by atoms with Crippen LogP contribution in [0.5, 0.6) is 0 Å². The fourth-order valence-electron chi connectivity index (χ4n) is 4.98. The van der Waals surface area contributed by atoms with E-state index in [1.165, 1.54) is 11.1 Å². The van der Waals surface area contributed by atoms with Crippen molar-refractivity contribution in [3.63, 3.8) is 0 Å². The van der Waals surface area contributed by atoms with Gasteiger partial charge in [-0.05, 0) is 87.3 Å². The predicted octanol–water partition coefficient (Wildman–Crippen LogP) is 10.7. The Morgan fingerprint density at radius 1 is 1.00 bits per heavy atom. The summed E-state index contributed by atoms with van der Waals surface area (Å²) in [5.74, 6) is 0.634. The summed E-state index contributed by atoms with van der Waals surface area (Å²) >= 11 is 0. The van der Waals surface area contributed by atoms with Gasteiger partial charge in [-0.15, -0.1) is 0 Å². The van der Waals surface area contributed by atoms with Crippen LogP contribution in [0.4, 0.5) is 5.69 Å². The summed E-state index contributed by atoms with van der Waals surface area (Å²) in [5, 5.41) is 8.14. The van der Waals surface area contributed by atoms with Gasteiger partial charge in [0.05, 0.1) is 5.70 Å². The number of anilines is 1. The van der Waals surface area contributed by atoms with Gasteiger partial charge >= 0.3 is 0 Å². The number of benzene rings is 1. The lowest BCUT2D eigenvalue weighted by Crippen LogP contribution is -2.33. The predicted molar refractivity (Wildman–Crippen MR) is 205 cm³/mol. The van der Waals surface area contributed by atoms with E-state index in [1.807, 2.05) is 61.7 Å². The lowest BCUT2D eigenvalue weighted by molar-refractivity contribution is -0.104. The van der Waals surface area contributed by atoms with Crippen molar-refractivity contribution in [2.75, 3.05) is 25.5 Å². The third kappa shape index (κ3) is 15.2. The van der Waals surface area contributed by atoms with Gasteiger partial charge in [-0.3, -0.25) is 9.59 Å². The summed E-state index contributed by atoms with van der Waals surface area (Å²) in [6, 6.07) is 8.40. The van der Waals surface area contributed by atoms with E-state index in [-0.39, 0.29) is 5.91 Å². The van der Waals surface area contributed by atoms with Crippen molar-refractivity contribution in [2.24, 2.45) is 5.92 Å². The molecule has 0 aliphatic heterocycles. The molecule has 0 radical (unpaired) electrons. The van der Waals surface area contributed by atoms with Crippen LogP contribution >= 0.6 is 0 Å². The molecule has 1 amide bonds. The third-order valence-electron chi connectivity index (χ3n) is 7.89. The van der Waals surface area contributed by atoms with Crippen LogP contribution in [-0.2, 0) is 17.6 Å². The highest BCUT2D eigenvalue weighted by atomic mass is 16.2. The highest BCUT2D eigenvalue weighted by Crippen LogP contribution is 2.26. The topological polar surface area (TPSA) is 67.2 Å². The Hall–Kier alpha value is -3.67. The molecule has 1 unspecified atom stereocenters. The maximum absolute atomic E-state index is 13.5. The fourth-order valence-corrected chi connectivity index (χ4v) is 4.98. The van der Waals surface area contributed by atoms with Crippen molar-refractivity contribution >= 4 is 23.6 Å². The molecule has 0 saturated carbocycles. The first-order valence-electron chi connectivity index (χ1n) is 18.0. The molecule has 0 fully saturated rings. The number of hydrogen-bond donors (Lipinski definition) is 1. The summed E-state index contributed by atoms with van der Waals surface area (Å²) in [4.78, 5) is 25.7. The average molecular weight is 647 g/mol. The molecule has 6 nitrogen and oxygen atoms in total. The molecule has 47 heavy (non-hydrogen) atoms. The number of carbonyl (C=O) groups excluding carboxylic acids is 2. The lowest BCUT2D eigenvalue weighted by Gasteiger charge is -2.22. The molecular formula is C41H66N4O2. The van der Waals surface area contributed by atoms with E-state index in [9.17, 15) is 9.59 Å². The van der Waals surface area contributed by atoms with Gasteiger partial charge in [0.25, 0.3) is 5.91 Å². The van der Waals surface area contributed by atoms with Crippen LogP contribution in [-0.4, -0.2) is 47.0 Å². The zero-order valence-electron chi connectivity index (χ0n) is 31.7. The van der Waals surface area contributed by atoms with Crippen molar-refractivity contribution in [3.05, 3.63) is 88.8 Å². The largest absolute Gasteiger partial charge is 0.388 e. The van der Waals surface area contributed by atoms with Gasteiger partial charge < -0.3 is 10.2 Å². The van der Waals surface area contributed by atoms with Gasteiger partial charge in [0.15, 0.2) is 5.69 Å². The second kappa shape index (κ2) is 25.4. The smallest absolute Gasteiger partial charge is 0.274 e. The molecule has 6 heteroatoms. The van der Waals surface area contributed by atoms with E-state index in [4.69, 9.17) is 5.10 Å². The lowest BCUT2D eigenvalue weighted by atomic mass is 10.0. The van der Waals surface area contributed by atoms with Crippen molar-refractivity contribution in [3.8, 4) is 0 Å². The first kappa shape index (κ1) is 43.3. The monoisotopic (exact) mass is 647 g/mol. The Morgan fingerprint density at radius 3 is 2.23 bits per heavy atom. The van der Waals surface area contributed by atoms with Crippen LogP contribution < -0.4 is 5.32 Å². The molecule has 2 aromatic rings. The van der Waals surface area contributed by atoms with Crippen molar-refractivity contribution in [2.45, 2.75) is 121 Å². The molecule has 262 valence electrons. The molecule has 2 rings (SSSR count). The normalized spacial score (nSPS) is 12.3. The second-order valence-electron chi connectivity index (χ2n) is 11.8. The van der Waals surface area contributed by atoms with Gasteiger partial charge in [0, 0.05) is 37.1 Å². The summed E-state index contributed by atoms with van der Waals surface area (Å²) in [6.07, 6.45) is 16.6. The molecule has 1 N–H and O–H groups in total. The number of carbonyl (C=O) groups is 2. The number of aldehydes is 1. The Labute approximate surface area is 288 Å². The van der Waals surface area contributed by atoms with Crippen molar-refractivity contribution < 1.29 is 9.59 Å². The molecule has 0 aliphatic carbocycles. The summed E-state index contributed by atoms with van der Waals surface area (Å²) in [5.41, 5.74) is 8.06. The maximum atomic E-state index is 13.5. The second-order valence-corrected chi connectivity index (χ2v) is 11.8. The molecule has 1 atom stereocenters. The zero-order valence-corrected chi connectivity index (χ0v) is 31.7. The molecule has 1 aromatic heterocycles. The summed E-state index contributed by atoms with van der Waals surface area (Å²) in [6.45, 7) is 26.4. The molecule has 0 spiro atoms. The minimum atomic E-state index is 0.0268. The van der Waals surface area contributed by atoms with E-state index in [0.29, 0.717) is 11.6 Å². The first-order chi connectivity index (χ1) is 22.6. The van der Waals surface area contributed by atoms with Crippen LogP contribution in [0.1, 0.15) is 135 Å². The standard InChI is InChI=1S/C29H44N4O.C10H16O.C2H6/c1-8-13-25-21-27(29(34)32(18-10-3)19-17-22(6)11-4)31-33(25)28(14-9-2)24-15-16-26(30-7)23(12-5)20-24;1-4-5-9(2)6-7-10(3)8-11;1-2/h9,14-16,20-22,30H,2,8,10-13,17-19H2,1,3-7H3;6-8H,4-5H2,1-3H3;1-2H3/b28-14-;9-6-,10-7+;. The van der Waals surface area contributed by atoms with E-state index >= 15 is 0 Å². The fraction of sp³-hybridized carbons (Fsp3) is 0.537. The van der Waals surface area contributed by atoms with E-state index in [2.05, 4.69) is 78.6 Å². The SMILES string of the molecule is C=C/C=C(/c1ccc(NC)c(CC)c1)n1nc(C(=O)N(CCC)CCC(C)CC)cc1CCC.CC.CCC/C(C)=C\C=C(/C)C=O. The van der Waals surface area contributed by atoms with E-state index in [0.717, 1.165) is 99.0 Å². The molecule has 0 aliphatic rings. The van der Waals surface area contributed by atoms with Crippen molar-refractivity contribution in [1.29, 1.82) is 0 Å². The number of aryl methyl sites for hydroxylation is 2. The van der Waals surface area contributed by atoms with Crippen LogP contribution in [0.3, 0.4) is 0 Å². The van der Waals surface area contributed by atoms with Gasteiger partial charge in [-0.2, -0.15) is 5.10 Å². The number of nitrogens with one attached hydrogen (secondary N) is 1. The third-order valence-corrected chi connectivity index (χ3v) is 7.89. The zero-order chi connectivity index (χ0) is 35.8. The number of aromatic nitrogens is 2. The van der Waals surface area contributed by atoms with Gasteiger partial charge in [-0.1, -0.05) is 111 Å². The van der Waals surface area contributed by atoms with Crippen LogP contribution in [0.2, 0.25) is 0 Å². The van der Waals surface area contributed by atoms with Crippen LogP contribution in [0.15, 0.2) is 66.3 Å². The Kier molecular flexibility index (Phi) is 23.4. The minimum Gasteiger partial charge on any atom is -0.388 e. The van der Waals surface area contributed by atoms with Gasteiger partial charge in [-0.25, -0.2) is 4.68 Å². The Morgan fingerprint density at radius 2 is 1.70 bits per heavy atom. The van der Waals surface area contributed by atoms with Crippen molar-refractivity contribution in [1.82, 2.24) is 14.7 Å². The molecule has 0 saturated heterocycles.